The van der Waals surface area contributed by atoms with Crippen LogP contribution in [-0.2, 0) is 6.54 Å². The molecule has 2 rings (SSSR count). The van der Waals surface area contributed by atoms with Gasteiger partial charge in [-0.3, -0.25) is 4.79 Å². The Balaban J connectivity index is 2.14. The first-order valence-corrected chi connectivity index (χ1v) is 6.39. The molecular formula is C16H18N2O2. The predicted octanol–water partition coefficient (Wildman–Crippen LogP) is 2.71. The standard InChI is InChI=1S/C16H18N2O2/c1-11-3-6-13(9-15(11)20-2)16(19)18-14-7-4-12(10-17)5-8-14/h3-9H,10,17H2,1-2H3,(H,18,19). The molecule has 0 saturated carbocycles. The summed E-state index contributed by atoms with van der Waals surface area (Å²) in [5.41, 5.74) is 8.87. The molecule has 20 heavy (non-hydrogen) atoms. The number of ether oxygens (including phenoxy) is 1. The molecule has 0 bridgehead atoms. The largest absolute Gasteiger partial charge is 0.496 e. The molecular weight excluding hydrogens is 252 g/mol. The SMILES string of the molecule is COc1cc(C(=O)Nc2ccc(CN)cc2)ccc1C. The third-order valence-electron chi connectivity index (χ3n) is 3.12. The average Bonchev–Trinajstić information content (AvgIpc) is 2.48. The highest BCUT2D eigenvalue weighted by atomic mass is 16.5. The smallest absolute Gasteiger partial charge is 0.255 e. The molecule has 2 aromatic carbocycles. The second-order valence-electron chi connectivity index (χ2n) is 4.54. The van der Waals surface area contributed by atoms with Gasteiger partial charge in [-0.15, -0.1) is 0 Å². The van der Waals surface area contributed by atoms with Gasteiger partial charge in [0.15, 0.2) is 0 Å². The van der Waals surface area contributed by atoms with Gasteiger partial charge >= 0.3 is 0 Å². The number of methoxy groups -OCH3 is 1. The maximum atomic E-state index is 12.2. The first-order chi connectivity index (χ1) is 9.63. The molecule has 104 valence electrons. The van der Waals surface area contributed by atoms with E-state index in [9.17, 15) is 4.79 Å². The summed E-state index contributed by atoms with van der Waals surface area (Å²) in [6, 6.07) is 12.8. The molecule has 4 nitrogen and oxygen atoms in total. The van der Waals surface area contributed by atoms with E-state index in [-0.39, 0.29) is 5.91 Å². The highest BCUT2D eigenvalue weighted by Gasteiger charge is 2.08. The Morgan fingerprint density at radius 2 is 1.90 bits per heavy atom. The van der Waals surface area contributed by atoms with Crippen molar-refractivity contribution in [2.75, 3.05) is 12.4 Å². The maximum absolute atomic E-state index is 12.2. The number of carbonyl (C=O) groups excluding carboxylic acids is 1. The lowest BCUT2D eigenvalue weighted by Crippen LogP contribution is -2.12. The molecule has 0 aromatic heterocycles. The van der Waals surface area contributed by atoms with Crippen molar-refractivity contribution in [3.8, 4) is 5.75 Å². The van der Waals surface area contributed by atoms with Gasteiger partial charge in [0.25, 0.3) is 5.91 Å². The normalized spacial score (nSPS) is 10.2. The molecule has 0 atom stereocenters. The molecule has 3 N–H and O–H groups in total. The zero-order valence-corrected chi connectivity index (χ0v) is 11.6. The van der Waals surface area contributed by atoms with E-state index in [4.69, 9.17) is 10.5 Å². The topological polar surface area (TPSA) is 64.3 Å². The van der Waals surface area contributed by atoms with E-state index >= 15 is 0 Å². The third-order valence-corrected chi connectivity index (χ3v) is 3.12. The van der Waals surface area contributed by atoms with Crippen LogP contribution in [0.2, 0.25) is 0 Å². The number of rotatable bonds is 4. The second-order valence-corrected chi connectivity index (χ2v) is 4.54. The fourth-order valence-corrected chi connectivity index (χ4v) is 1.89. The van der Waals surface area contributed by atoms with Gasteiger partial charge in [0, 0.05) is 17.8 Å². The summed E-state index contributed by atoms with van der Waals surface area (Å²) in [6.45, 7) is 2.43. The maximum Gasteiger partial charge on any atom is 0.255 e. The van der Waals surface area contributed by atoms with Gasteiger partial charge in [0.2, 0.25) is 0 Å². The first kappa shape index (κ1) is 14.1. The quantitative estimate of drug-likeness (QED) is 0.897. The van der Waals surface area contributed by atoms with Crippen molar-refractivity contribution in [1.29, 1.82) is 0 Å². The van der Waals surface area contributed by atoms with Crippen LogP contribution >= 0.6 is 0 Å². The van der Waals surface area contributed by atoms with Crippen LogP contribution in [0, 0.1) is 6.92 Å². The van der Waals surface area contributed by atoms with Crippen molar-refractivity contribution in [2.45, 2.75) is 13.5 Å². The van der Waals surface area contributed by atoms with Gasteiger partial charge in [-0.25, -0.2) is 0 Å². The minimum atomic E-state index is -0.163. The number of benzene rings is 2. The number of aryl methyl sites for hydroxylation is 1. The van der Waals surface area contributed by atoms with Crippen LogP contribution in [0.25, 0.3) is 0 Å². The van der Waals surface area contributed by atoms with Crippen molar-refractivity contribution in [2.24, 2.45) is 5.73 Å². The summed E-state index contributed by atoms with van der Waals surface area (Å²) >= 11 is 0. The molecule has 0 unspecified atom stereocenters. The van der Waals surface area contributed by atoms with Gasteiger partial charge < -0.3 is 15.8 Å². The molecule has 0 aliphatic heterocycles. The second kappa shape index (κ2) is 6.21. The fraction of sp³-hybridized carbons (Fsp3) is 0.188. The van der Waals surface area contributed by atoms with Gasteiger partial charge in [0.1, 0.15) is 5.75 Å². The van der Waals surface area contributed by atoms with Crippen LogP contribution < -0.4 is 15.8 Å². The fourth-order valence-electron chi connectivity index (χ4n) is 1.89. The molecule has 1 amide bonds. The Labute approximate surface area is 118 Å². The molecule has 2 aromatic rings. The Morgan fingerprint density at radius 1 is 1.20 bits per heavy atom. The third kappa shape index (κ3) is 3.16. The minimum Gasteiger partial charge on any atom is -0.496 e. The molecule has 0 radical (unpaired) electrons. The lowest BCUT2D eigenvalue weighted by atomic mass is 10.1. The molecule has 0 aliphatic carbocycles. The lowest BCUT2D eigenvalue weighted by Gasteiger charge is -2.09. The number of anilines is 1. The number of hydrogen-bond donors (Lipinski definition) is 2. The van der Waals surface area contributed by atoms with Gasteiger partial charge in [-0.05, 0) is 42.3 Å². The van der Waals surface area contributed by atoms with Crippen LogP contribution in [0.4, 0.5) is 5.69 Å². The number of amides is 1. The number of nitrogens with two attached hydrogens (primary N) is 1. The van der Waals surface area contributed by atoms with Crippen LogP contribution in [-0.4, -0.2) is 13.0 Å². The Bertz CT molecular complexity index is 606. The summed E-state index contributed by atoms with van der Waals surface area (Å²) in [7, 11) is 1.59. The molecule has 0 aliphatic rings. The van der Waals surface area contributed by atoms with Gasteiger partial charge in [-0.1, -0.05) is 18.2 Å². The van der Waals surface area contributed by atoms with Crippen LogP contribution in [0.3, 0.4) is 0 Å². The Hall–Kier alpha value is -2.33. The lowest BCUT2D eigenvalue weighted by molar-refractivity contribution is 0.102. The molecule has 0 fully saturated rings. The van der Waals surface area contributed by atoms with Crippen LogP contribution in [0.15, 0.2) is 42.5 Å². The van der Waals surface area contributed by atoms with E-state index in [1.807, 2.05) is 37.3 Å². The van der Waals surface area contributed by atoms with E-state index in [1.165, 1.54) is 0 Å². The number of hydrogen-bond acceptors (Lipinski definition) is 3. The van der Waals surface area contributed by atoms with Crippen molar-refractivity contribution < 1.29 is 9.53 Å². The Morgan fingerprint density at radius 3 is 2.50 bits per heavy atom. The monoisotopic (exact) mass is 270 g/mol. The van der Waals surface area contributed by atoms with Crippen molar-refractivity contribution >= 4 is 11.6 Å². The predicted molar refractivity (Wildman–Crippen MR) is 80.0 cm³/mol. The highest BCUT2D eigenvalue weighted by molar-refractivity contribution is 6.04. The van der Waals surface area contributed by atoms with Crippen molar-refractivity contribution in [1.82, 2.24) is 0 Å². The summed E-state index contributed by atoms with van der Waals surface area (Å²) in [5, 5.41) is 2.84. The molecule has 0 saturated heterocycles. The van der Waals surface area contributed by atoms with E-state index in [1.54, 1.807) is 19.2 Å². The minimum absolute atomic E-state index is 0.163. The summed E-state index contributed by atoms with van der Waals surface area (Å²) in [5.74, 6) is 0.542. The van der Waals surface area contributed by atoms with Gasteiger partial charge in [0.05, 0.1) is 7.11 Å². The van der Waals surface area contributed by atoms with Crippen molar-refractivity contribution in [3.05, 3.63) is 59.2 Å². The molecule has 4 heteroatoms. The zero-order chi connectivity index (χ0) is 14.5. The summed E-state index contributed by atoms with van der Waals surface area (Å²) in [6.07, 6.45) is 0. The number of carbonyl (C=O) groups is 1. The molecule has 0 spiro atoms. The average molecular weight is 270 g/mol. The Kier molecular flexibility index (Phi) is 4.38. The van der Waals surface area contributed by atoms with E-state index < -0.39 is 0 Å². The highest BCUT2D eigenvalue weighted by Crippen LogP contribution is 2.20. The number of nitrogens with one attached hydrogen (secondary N) is 1. The summed E-state index contributed by atoms with van der Waals surface area (Å²) in [4.78, 5) is 12.2. The van der Waals surface area contributed by atoms with Crippen molar-refractivity contribution in [3.63, 3.8) is 0 Å². The van der Waals surface area contributed by atoms with E-state index in [2.05, 4.69) is 5.32 Å². The van der Waals surface area contributed by atoms with Crippen LogP contribution in [0.5, 0.6) is 5.75 Å². The zero-order valence-electron chi connectivity index (χ0n) is 11.6. The first-order valence-electron chi connectivity index (χ1n) is 6.39. The van der Waals surface area contributed by atoms with E-state index in [0.29, 0.717) is 17.9 Å². The molecule has 0 heterocycles. The summed E-state index contributed by atoms with van der Waals surface area (Å²) < 4.78 is 5.22. The van der Waals surface area contributed by atoms with E-state index in [0.717, 1.165) is 16.8 Å². The van der Waals surface area contributed by atoms with Crippen LogP contribution in [0.1, 0.15) is 21.5 Å². The van der Waals surface area contributed by atoms with Gasteiger partial charge in [-0.2, -0.15) is 0 Å².